The topological polar surface area (TPSA) is 71.1 Å². The SMILES string of the molecule is CCOC(=O)CCNC(=O)N1CCC(OC2CCN(Cc3ccccc3)CC2)CC1. The average Bonchev–Trinajstić information content (AvgIpc) is 2.76. The van der Waals surface area contributed by atoms with Gasteiger partial charge in [0.05, 0.1) is 25.2 Å². The van der Waals surface area contributed by atoms with Crippen molar-refractivity contribution in [1.29, 1.82) is 0 Å². The fourth-order valence-electron chi connectivity index (χ4n) is 4.13. The van der Waals surface area contributed by atoms with Crippen LogP contribution in [0.1, 0.15) is 44.6 Å². The van der Waals surface area contributed by atoms with Gasteiger partial charge in [0.1, 0.15) is 0 Å². The van der Waals surface area contributed by atoms with Gasteiger partial charge in [0.25, 0.3) is 0 Å². The van der Waals surface area contributed by atoms with E-state index in [0.717, 1.165) is 45.3 Å². The fraction of sp³-hybridized carbons (Fsp3) is 0.652. The largest absolute Gasteiger partial charge is 0.466 e. The van der Waals surface area contributed by atoms with Crippen LogP contribution in [0, 0.1) is 0 Å². The number of likely N-dealkylation sites (tertiary alicyclic amines) is 2. The van der Waals surface area contributed by atoms with Crippen LogP contribution in [0.4, 0.5) is 4.79 Å². The zero-order chi connectivity index (χ0) is 21.2. The second kappa shape index (κ2) is 11.9. The van der Waals surface area contributed by atoms with Crippen molar-refractivity contribution >= 4 is 12.0 Å². The predicted molar refractivity (Wildman–Crippen MR) is 115 cm³/mol. The highest BCUT2D eigenvalue weighted by Crippen LogP contribution is 2.22. The molecule has 0 radical (unpaired) electrons. The van der Waals surface area contributed by atoms with E-state index in [0.29, 0.717) is 32.3 Å². The molecule has 2 saturated heterocycles. The summed E-state index contributed by atoms with van der Waals surface area (Å²) in [7, 11) is 0. The lowest BCUT2D eigenvalue weighted by molar-refractivity contribution is -0.142. The van der Waals surface area contributed by atoms with E-state index in [-0.39, 0.29) is 24.5 Å². The van der Waals surface area contributed by atoms with Gasteiger partial charge >= 0.3 is 12.0 Å². The molecule has 166 valence electrons. The van der Waals surface area contributed by atoms with Gasteiger partial charge in [-0.1, -0.05) is 30.3 Å². The minimum absolute atomic E-state index is 0.105. The van der Waals surface area contributed by atoms with E-state index in [2.05, 4.69) is 40.5 Å². The number of hydrogen-bond donors (Lipinski definition) is 1. The van der Waals surface area contributed by atoms with Crippen molar-refractivity contribution < 1.29 is 19.1 Å². The molecule has 0 aromatic heterocycles. The Morgan fingerprint density at radius 2 is 1.63 bits per heavy atom. The Labute approximate surface area is 179 Å². The molecule has 2 aliphatic rings. The van der Waals surface area contributed by atoms with Crippen molar-refractivity contribution in [3.8, 4) is 0 Å². The smallest absolute Gasteiger partial charge is 0.317 e. The van der Waals surface area contributed by atoms with Crippen LogP contribution in [0.25, 0.3) is 0 Å². The zero-order valence-electron chi connectivity index (χ0n) is 18.1. The molecule has 0 unspecified atom stereocenters. The Balaban J connectivity index is 1.29. The Morgan fingerprint density at radius 3 is 2.27 bits per heavy atom. The molecule has 0 bridgehead atoms. The number of ether oxygens (including phenoxy) is 2. The van der Waals surface area contributed by atoms with Crippen molar-refractivity contribution in [1.82, 2.24) is 15.1 Å². The third kappa shape index (κ3) is 7.29. The van der Waals surface area contributed by atoms with Gasteiger partial charge in [0, 0.05) is 39.3 Å². The summed E-state index contributed by atoms with van der Waals surface area (Å²) in [6, 6.07) is 10.5. The number of carbonyl (C=O) groups is 2. The first kappa shape index (κ1) is 22.6. The minimum Gasteiger partial charge on any atom is -0.466 e. The lowest BCUT2D eigenvalue weighted by Crippen LogP contribution is -2.47. The lowest BCUT2D eigenvalue weighted by atomic mass is 10.0. The van der Waals surface area contributed by atoms with Crippen molar-refractivity contribution in [3.63, 3.8) is 0 Å². The normalized spacial score (nSPS) is 18.9. The molecular weight excluding hydrogens is 382 g/mol. The highest BCUT2D eigenvalue weighted by atomic mass is 16.5. The molecule has 0 atom stereocenters. The molecule has 0 aliphatic carbocycles. The van der Waals surface area contributed by atoms with Gasteiger partial charge in [0.15, 0.2) is 0 Å². The second-order valence-corrected chi connectivity index (χ2v) is 8.07. The summed E-state index contributed by atoms with van der Waals surface area (Å²) >= 11 is 0. The maximum absolute atomic E-state index is 12.2. The molecule has 1 N–H and O–H groups in total. The first-order valence-corrected chi connectivity index (χ1v) is 11.2. The minimum atomic E-state index is -0.278. The van der Waals surface area contributed by atoms with Gasteiger partial charge in [-0.2, -0.15) is 0 Å². The van der Waals surface area contributed by atoms with Crippen LogP contribution in [0.2, 0.25) is 0 Å². The number of urea groups is 1. The molecule has 2 heterocycles. The zero-order valence-corrected chi connectivity index (χ0v) is 18.1. The number of carbonyl (C=O) groups excluding carboxylic acids is 2. The van der Waals surface area contributed by atoms with Crippen molar-refractivity contribution in [2.45, 2.75) is 57.8 Å². The van der Waals surface area contributed by atoms with Crippen LogP contribution < -0.4 is 5.32 Å². The number of amides is 2. The molecule has 7 heteroatoms. The first-order chi connectivity index (χ1) is 14.6. The third-order valence-electron chi connectivity index (χ3n) is 5.81. The van der Waals surface area contributed by atoms with Crippen LogP contribution >= 0.6 is 0 Å². The van der Waals surface area contributed by atoms with Crippen LogP contribution in [0.15, 0.2) is 30.3 Å². The van der Waals surface area contributed by atoms with Crippen LogP contribution in [-0.4, -0.2) is 73.3 Å². The Morgan fingerprint density at radius 1 is 1.00 bits per heavy atom. The molecule has 7 nitrogen and oxygen atoms in total. The number of nitrogens with one attached hydrogen (secondary N) is 1. The maximum atomic E-state index is 12.2. The molecule has 1 aromatic rings. The summed E-state index contributed by atoms with van der Waals surface area (Å²) in [5, 5.41) is 2.80. The second-order valence-electron chi connectivity index (χ2n) is 8.07. The first-order valence-electron chi connectivity index (χ1n) is 11.2. The van der Waals surface area contributed by atoms with E-state index in [4.69, 9.17) is 9.47 Å². The van der Waals surface area contributed by atoms with E-state index >= 15 is 0 Å². The van der Waals surface area contributed by atoms with E-state index in [1.165, 1.54) is 5.56 Å². The van der Waals surface area contributed by atoms with Crippen molar-refractivity contribution in [2.75, 3.05) is 39.3 Å². The van der Waals surface area contributed by atoms with E-state index in [1.54, 1.807) is 6.92 Å². The molecule has 30 heavy (non-hydrogen) atoms. The Bertz CT molecular complexity index is 654. The summed E-state index contributed by atoms with van der Waals surface area (Å²) in [5.74, 6) is -0.278. The molecule has 1 aromatic carbocycles. The van der Waals surface area contributed by atoms with Gasteiger partial charge in [-0.25, -0.2) is 4.79 Å². The summed E-state index contributed by atoms with van der Waals surface area (Å²) in [6.07, 6.45) is 4.65. The highest BCUT2D eigenvalue weighted by molar-refractivity contribution is 5.75. The number of nitrogens with zero attached hydrogens (tertiary/aromatic N) is 2. The van der Waals surface area contributed by atoms with Gasteiger partial charge in [-0.05, 0) is 38.2 Å². The van der Waals surface area contributed by atoms with Crippen molar-refractivity contribution in [3.05, 3.63) is 35.9 Å². The molecule has 2 fully saturated rings. The van der Waals surface area contributed by atoms with Crippen molar-refractivity contribution in [2.24, 2.45) is 0 Å². The van der Waals surface area contributed by atoms with E-state index < -0.39 is 0 Å². The Hall–Kier alpha value is -2.12. The van der Waals surface area contributed by atoms with E-state index in [9.17, 15) is 9.59 Å². The third-order valence-corrected chi connectivity index (χ3v) is 5.81. The maximum Gasteiger partial charge on any atom is 0.317 e. The summed E-state index contributed by atoms with van der Waals surface area (Å²) in [5.41, 5.74) is 1.37. The standard InChI is InChI=1S/C23H35N3O4/c1-2-29-22(27)8-13-24-23(28)26-16-11-21(12-17-26)30-20-9-14-25(15-10-20)18-19-6-4-3-5-7-19/h3-7,20-21H,2,8-18H2,1H3,(H,24,28). The molecule has 3 rings (SSSR count). The van der Waals surface area contributed by atoms with Gasteiger partial charge in [-0.3, -0.25) is 9.69 Å². The molecule has 2 amide bonds. The van der Waals surface area contributed by atoms with Crippen LogP contribution in [0.3, 0.4) is 0 Å². The summed E-state index contributed by atoms with van der Waals surface area (Å²) in [6.45, 7) is 7.00. The number of esters is 1. The monoisotopic (exact) mass is 417 g/mol. The number of hydrogen-bond acceptors (Lipinski definition) is 5. The number of rotatable bonds is 8. The average molecular weight is 418 g/mol. The quantitative estimate of drug-likeness (QED) is 0.659. The van der Waals surface area contributed by atoms with Gasteiger partial charge in [0.2, 0.25) is 0 Å². The number of benzene rings is 1. The number of piperidine rings is 2. The Kier molecular flexibility index (Phi) is 8.96. The highest BCUT2D eigenvalue weighted by Gasteiger charge is 2.27. The molecule has 0 saturated carbocycles. The van der Waals surface area contributed by atoms with Crippen LogP contribution in [-0.2, 0) is 20.8 Å². The predicted octanol–water partition coefficient (Wildman–Crippen LogP) is 2.79. The van der Waals surface area contributed by atoms with Crippen LogP contribution in [0.5, 0.6) is 0 Å². The van der Waals surface area contributed by atoms with E-state index in [1.807, 2.05) is 4.90 Å². The molecule has 2 aliphatic heterocycles. The fourth-order valence-corrected chi connectivity index (χ4v) is 4.13. The summed E-state index contributed by atoms with van der Waals surface area (Å²) < 4.78 is 11.2. The molecule has 0 spiro atoms. The lowest BCUT2D eigenvalue weighted by Gasteiger charge is -2.37. The summed E-state index contributed by atoms with van der Waals surface area (Å²) in [4.78, 5) is 27.9. The van der Waals surface area contributed by atoms with Gasteiger partial charge < -0.3 is 19.7 Å². The molecular formula is C23H35N3O4. The van der Waals surface area contributed by atoms with Gasteiger partial charge in [-0.15, -0.1) is 0 Å².